The maximum absolute atomic E-state index is 13.4. The Labute approximate surface area is 111 Å². The van der Waals surface area contributed by atoms with Gasteiger partial charge in [-0.1, -0.05) is 13.0 Å². The van der Waals surface area contributed by atoms with Crippen molar-refractivity contribution in [2.45, 2.75) is 32.3 Å². The van der Waals surface area contributed by atoms with Gasteiger partial charge in [-0.2, -0.15) is 0 Å². The van der Waals surface area contributed by atoms with Crippen LogP contribution in [0.4, 0.5) is 4.39 Å². The van der Waals surface area contributed by atoms with Crippen LogP contribution < -0.4 is 0 Å². The smallest absolute Gasteiger partial charge is 0.137 e. The van der Waals surface area contributed by atoms with Crippen LogP contribution in [0, 0.1) is 18.7 Å². The van der Waals surface area contributed by atoms with Crippen molar-refractivity contribution in [3.63, 3.8) is 0 Å². The number of aliphatic hydroxyl groups is 1. The summed E-state index contributed by atoms with van der Waals surface area (Å²) in [5.74, 6) is 2.22. The molecule has 0 amide bonds. The third-order valence-electron chi connectivity index (χ3n) is 3.77. The molecule has 2 aromatic rings. The van der Waals surface area contributed by atoms with Crippen LogP contribution >= 0.6 is 0 Å². The lowest BCUT2D eigenvalue weighted by Gasteiger charge is -2.09. The summed E-state index contributed by atoms with van der Waals surface area (Å²) in [5.41, 5.74) is 1.32. The summed E-state index contributed by atoms with van der Waals surface area (Å²) in [6, 6.07) is 8.26. The highest BCUT2D eigenvalue weighted by Crippen LogP contribution is 2.47. The Morgan fingerprint density at radius 2 is 2.05 bits per heavy atom. The highest BCUT2D eigenvalue weighted by molar-refractivity contribution is 5.30. The van der Waals surface area contributed by atoms with E-state index in [9.17, 15) is 9.50 Å². The van der Waals surface area contributed by atoms with Crippen LogP contribution in [-0.2, 0) is 0 Å². The first-order valence-corrected chi connectivity index (χ1v) is 6.59. The number of hydrogen-bond donors (Lipinski definition) is 1. The topological polar surface area (TPSA) is 33.4 Å². The Hall–Kier alpha value is -1.61. The summed E-state index contributed by atoms with van der Waals surface area (Å²) >= 11 is 0. The zero-order valence-corrected chi connectivity index (χ0v) is 11.1. The average molecular weight is 260 g/mol. The van der Waals surface area contributed by atoms with Crippen LogP contribution in [0.15, 0.2) is 34.7 Å². The van der Waals surface area contributed by atoms with E-state index in [1.165, 1.54) is 12.1 Å². The molecule has 1 aliphatic rings. The molecule has 1 aromatic heterocycles. The molecule has 1 saturated carbocycles. The van der Waals surface area contributed by atoms with E-state index in [1.54, 1.807) is 19.1 Å². The van der Waals surface area contributed by atoms with Crippen LogP contribution in [0.2, 0.25) is 0 Å². The highest BCUT2D eigenvalue weighted by atomic mass is 19.1. The minimum absolute atomic E-state index is 0.336. The molecule has 3 heteroatoms. The van der Waals surface area contributed by atoms with Gasteiger partial charge in [0.25, 0.3) is 0 Å². The van der Waals surface area contributed by atoms with Crippen molar-refractivity contribution in [2.24, 2.45) is 5.92 Å². The maximum Gasteiger partial charge on any atom is 0.137 e. The van der Waals surface area contributed by atoms with Crippen LogP contribution in [0.1, 0.15) is 48.0 Å². The molecule has 3 atom stereocenters. The Kier molecular flexibility index (Phi) is 2.94. The fraction of sp³-hybridized carbons (Fsp3) is 0.375. The molecule has 3 rings (SSSR count). The number of hydrogen-bond acceptors (Lipinski definition) is 2. The largest absolute Gasteiger partial charge is 0.463 e. The van der Waals surface area contributed by atoms with Crippen molar-refractivity contribution >= 4 is 0 Å². The second kappa shape index (κ2) is 4.49. The zero-order chi connectivity index (χ0) is 13.6. The molecule has 0 saturated heterocycles. The van der Waals surface area contributed by atoms with Gasteiger partial charge in [0.05, 0.1) is 0 Å². The fourth-order valence-electron chi connectivity index (χ4n) is 2.52. The lowest BCUT2D eigenvalue weighted by molar-refractivity contribution is 0.186. The Morgan fingerprint density at radius 1 is 1.32 bits per heavy atom. The molecular weight excluding hydrogens is 243 g/mol. The number of benzene rings is 1. The second-order valence-electron chi connectivity index (χ2n) is 5.52. The minimum Gasteiger partial charge on any atom is -0.463 e. The van der Waals surface area contributed by atoms with Gasteiger partial charge in [0.2, 0.25) is 0 Å². The Balaban J connectivity index is 1.86. The van der Waals surface area contributed by atoms with Crippen LogP contribution in [0.25, 0.3) is 0 Å². The van der Waals surface area contributed by atoms with Gasteiger partial charge >= 0.3 is 0 Å². The van der Waals surface area contributed by atoms with E-state index in [0.717, 1.165) is 17.7 Å². The molecule has 1 aromatic carbocycles. The van der Waals surface area contributed by atoms with Gasteiger partial charge in [-0.25, -0.2) is 4.39 Å². The van der Waals surface area contributed by atoms with Gasteiger partial charge in [0, 0.05) is 5.92 Å². The first kappa shape index (κ1) is 12.4. The monoisotopic (exact) mass is 260 g/mol. The molecule has 0 aliphatic heterocycles. The Morgan fingerprint density at radius 3 is 2.68 bits per heavy atom. The molecule has 100 valence electrons. The second-order valence-corrected chi connectivity index (χ2v) is 5.52. The SMILES string of the molecule is Cc1cc(F)cc(C(O)c2ccc(C3CC3C)o2)c1. The summed E-state index contributed by atoms with van der Waals surface area (Å²) in [6.07, 6.45) is 0.236. The number of aliphatic hydroxyl groups excluding tert-OH is 1. The van der Waals surface area contributed by atoms with Gasteiger partial charge in [-0.05, 0) is 54.7 Å². The van der Waals surface area contributed by atoms with Crippen molar-refractivity contribution in [3.05, 3.63) is 58.8 Å². The van der Waals surface area contributed by atoms with Crippen molar-refractivity contribution in [1.82, 2.24) is 0 Å². The van der Waals surface area contributed by atoms with E-state index in [-0.39, 0.29) is 5.82 Å². The molecule has 0 radical (unpaired) electrons. The van der Waals surface area contributed by atoms with Crippen molar-refractivity contribution < 1.29 is 13.9 Å². The molecular formula is C16H17FO2. The molecule has 1 fully saturated rings. The maximum atomic E-state index is 13.4. The van der Waals surface area contributed by atoms with Gasteiger partial charge < -0.3 is 9.52 Å². The molecule has 19 heavy (non-hydrogen) atoms. The zero-order valence-electron chi connectivity index (χ0n) is 11.1. The standard InChI is InChI=1S/C16H17FO2/c1-9-5-11(8-12(17)6-9)16(18)15-4-3-14(19-15)13-7-10(13)2/h3-6,8,10,13,16,18H,7H2,1-2H3. The Bertz CT molecular complexity index is 582. The first-order valence-electron chi connectivity index (χ1n) is 6.59. The molecule has 2 nitrogen and oxygen atoms in total. The van der Waals surface area contributed by atoms with Crippen molar-refractivity contribution in [1.29, 1.82) is 0 Å². The van der Waals surface area contributed by atoms with E-state index in [1.807, 2.05) is 6.07 Å². The highest BCUT2D eigenvalue weighted by Gasteiger charge is 2.37. The van der Waals surface area contributed by atoms with Crippen molar-refractivity contribution in [3.8, 4) is 0 Å². The number of furan rings is 1. The summed E-state index contributed by atoms with van der Waals surface area (Å²) in [4.78, 5) is 0. The quantitative estimate of drug-likeness (QED) is 0.907. The predicted octanol–water partition coefficient (Wildman–Crippen LogP) is 3.93. The fourth-order valence-corrected chi connectivity index (χ4v) is 2.52. The molecule has 0 spiro atoms. The summed E-state index contributed by atoms with van der Waals surface area (Å²) in [5, 5.41) is 10.3. The predicted molar refractivity (Wildman–Crippen MR) is 70.4 cm³/mol. The number of halogens is 1. The summed E-state index contributed by atoms with van der Waals surface area (Å²) in [7, 11) is 0. The van der Waals surface area contributed by atoms with Gasteiger partial charge in [-0.3, -0.25) is 0 Å². The van der Waals surface area contributed by atoms with Gasteiger partial charge in [0.1, 0.15) is 23.4 Å². The molecule has 3 unspecified atom stereocenters. The molecule has 1 aliphatic carbocycles. The summed E-state index contributed by atoms with van der Waals surface area (Å²) in [6.45, 7) is 3.98. The molecule has 1 N–H and O–H groups in total. The third-order valence-corrected chi connectivity index (χ3v) is 3.77. The van der Waals surface area contributed by atoms with E-state index in [4.69, 9.17) is 4.42 Å². The number of aryl methyl sites for hydroxylation is 1. The van der Waals surface area contributed by atoms with E-state index >= 15 is 0 Å². The van der Waals surface area contributed by atoms with Gasteiger partial charge in [-0.15, -0.1) is 0 Å². The average Bonchev–Trinajstić information content (AvgIpc) is 2.90. The van der Waals surface area contributed by atoms with Gasteiger partial charge in [0.15, 0.2) is 0 Å². The van der Waals surface area contributed by atoms with Crippen LogP contribution in [0.3, 0.4) is 0 Å². The van der Waals surface area contributed by atoms with Crippen LogP contribution in [0.5, 0.6) is 0 Å². The first-order chi connectivity index (χ1) is 9.04. The van der Waals surface area contributed by atoms with E-state index in [2.05, 4.69) is 6.92 Å². The van der Waals surface area contributed by atoms with Crippen molar-refractivity contribution in [2.75, 3.05) is 0 Å². The van der Waals surface area contributed by atoms with E-state index < -0.39 is 6.10 Å². The van der Waals surface area contributed by atoms with Crippen LogP contribution in [-0.4, -0.2) is 5.11 Å². The van der Waals surface area contributed by atoms with E-state index in [0.29, 0.717) is 23.2 Å². The normalized spacial score (nSPS) is 23.4. The molecule has 1 heterocycles. The third kappa shape index (κ3) is 2.43. The summed E-state index contributed by atoms with van der Waals surface area (Å²) < 4.78 is 19.1. The molecule has 0 bridgehead atoms. The minimum atomic E-state index is -0.905. The lowest BCUT2D eigenvalue weighted by Crippen LogP contribution is -1.99. The lowest BCUT2D eigenvalue weighted by atomic mass is 10.0. The number of rotatable bonds is 3.